The first-order valence-electron chi connectivity index (χ1n) is 10.8. The molecule has 0 atom stereocenters. The molecule has 0 radical (unpaired) electrons. The Kier molecular flexibility index (Phi) is 5.43. The molecule has 8 nitrogen and oxygen atoms in total. The molecular formula is C27H19N5O3. The molecule has 0 aliphatic carbocycles. The number of anilines is 1. The number of aromatic nitrogens is 3. The molecule has 0 saturated carbocycles. The van der Waals surface area contributed by atoms with E-state index < -0.39 is 5.91 Å². The van der Waals surface area contributed by atoms with Gasteiger partial charge in [-0.25, -0.2) is 4.98 Å². The van der Waals surface area contributed by atoms with Crippen molar-refractivity contribution in [2.45, 2.75) is 13.8 Å². The summed E-state index contributed by atoms with van der Waals surface area (Å²) in [7, 11) is 0. The van der Waals surface area contributed by atoms with Gasteiger partial charge in [-0.15, -0.1) is 0 Å². The van der Waals surface area contributed by atoms with Crippen LogP contribution in [0.3, 0.4) is 0 Å². The zero-order chi connectivity index (χ0) is 24.5. The molecule has 0 saturated heterocycles. The Hall–Kier alpha value is -5.03. The van der Waals surface area contributed by atoms with Crippen molar-refractivity contribution in [2.75, 3.05) is 5.32 Å². The zero-order valence-corrected chi connectivity index (χ0v) is 18.9. The van der Waals surface area contributed by atoms with Gasteiger partial charge < -0.3 is 9.73 Å². The maximum Gasteiger partial charge on any atom is 0.256 e. The Bertz CT molecular complexity index is 1680. The van der Waals surface area contributed by atoms with Crippen molar-refractivity contribution in [1.82, 2.24) is 14.8 Å². The standard InChI is InChI=1S/C27H19N5O3/c1-16-11-17(2)25-21(12-16)22(33)13-23(35-25)18-6-8-19(9-7-18)27(34)31-26-20(14-28)15-30-32(26)24-5-3-4-10-29-24/h3-13,15H,1-2H3,(H,31,34). The van der Waals surface area contributed by atoms with Gasteiger partial charge in [0.05, 0.1) is 11.6 Å². The van der Waals surface area contributed by atoms with Gasteiger partial charge in [-0.2, -0.15) is 15.0 Å². The number of fused-ring (bicyclic) bond motifs is 1. The Balaban J connectivity index is 1.45. The van der Waals surface area contributed by atoms with Gasteiger partial charge in [-0.1, -0.05) is 24.3 Å². The van der Waals surface area contributed by atoms with E-state index in [9.17, 15) is 14.9 Å². The molecule has 0 fully saturated rings. The smallest absolute Gasteiger partial charge is 0.256 e. The van der Waals surface area contributed by atoms with E-state index in [-0.39, 0.29) is 16.8 Å². The highest BCUT2D eigenvalue weighted by Gasteiger charge is 2.17. The lowest BCUT2D eigenvalue weighted by Crippen LogP contribution is -2.16. The van der Waals surface area contributed by atoms with Crippen LogP contribution in [-0.4, -0.2) is 20.7 Å². The van der Waals surface area contributed by atoms with Crippen LogP contribution >= 0.6 is 0 Å². The third-order valence-corrected chi connectivity index (χ3v) is 5.58. The molecule has 5 aromatic rings. The predicted octanol–water partition coefficient (Wildman–Crippen LogP) is 4.78. The highest BCUT2D eigenvalue weighted by molar-refractivity contribution is 6.04. The second-order valence-electron chi connectivity index (χ2n) is 8.08. The first kappa shape index (κ1) is 21.8. The van der Waals surface area contributed by atoms with Crippen molar-refractivity contribution in [2.24, 2.45) is 0 Å². The minimum absolute atomic E-state index is 0.123. The second-order valence-corrected chi connectivity index (χ2v) is 8.08. The monoisotopic (exact) mass is 461 g/mol. The maximum atomic E-state index is 13.0. The van der Waals surface area contributed by atoms with E-state index >= 15 is 0 Å². The summed E-state index contributed by atoms with van der Waals surface area (Å²) < 4.78 is 7.44. The molecule has 3 heterocycles. The minimum atomic E-state index is -0.419. The van der Waals surface area contributed by atoms with Crippen LogP contribution in [0.4, 0.5) is 5.82 Å². The minimum Gasteiger partial charge on any atom is -0.456 e. The van der Waals surface area contributed by atoms with Gasteiger partial charge in [-0.05, 0) is 55.3 Å². The van der Waals surface area contributed by atoms with Crippen molar-refractivity contribution in [3.05, 3.63) is 106 Å². The molecule has 8 heteroatoms. The number of pyridine rings is 1. The van der Waals surface area contributed by atoms with Crippen molar-refractivity contribution in [1.29, 1.82) is 5.26 Å². The lowest BCUT2D eigenvalue weighted by molar-refractivity contribution is 0.102. The van der Waals surface area contributed by atoms with Crippen molar-refractivity contribution < 1.29 is 9.21 Å². The molecule has 0 aliphatic heterocycles. The van der Waals surface area contributed by atoms with E-state index in [0.29, 0.717) is 33.7 Å². The van der Waals surface area contributed by atoms with Crippen molar-refractivity contribution in [3.8, 4) is 23.2 Å². The number of hydrogen-bond acceptors (Lipinski definition) is 6. The number of hydrogen-bond donors (Lipinski definition) is 1. The van der Waals surface area contributed by atoms with Gasteiger partial charge in [0.25, 0.3) is 5.91 Å². The summed E-state index contributed by atoms with van der Waals surface area (Å²) in [5.41, 5.74) is 3.54. The van der Waals surface area contributed by atoms with Crippen LogP contribution in [0.15, 0.2) is 82.3 Å². The lowest BCUT2D eigenvalue weighted by Gasteiger charge is -2.10. The van der Waals surface area contributed by atoms with E-state index in [1.54, 1.807) is 48.7 Å². The molecular weight excluding hydrogens is 442 g/mol. The van der Waals surface area contributed by atoms with E-state index in [0.717, 1.165) is 11.1 Å². The molecule has 1 amide bonds. The quantitative estimate of drug-likeness (QED) is 0.412. The number of nitrogens with zero attached hydrogens (tertiary/aromatic N) is 4. The first-order valence-corrected chi connectivity index (χ1v) is 10.8. The van der Waals surface area contributed by atoms with E-state index in [2.05, 4.69) is 15.4 Å². The van der Waals surface area contributed by atoms with E-state index in [1.165, 1.54) is 16.9 Å². The number of nitrogens with one attached hydrogen (secondary N) is 1. The summed E-state index contributed by atoms with van der Waals surface area (Å²) in [5, 5.41) is 16.9. The number of aryl methyl sites for hydroxylation is 2. The predicted molar refractivity (Wildman–Crippen MR) is 131 cm³/mol. The molecule has 0 bridgehead atoms. The largest absolute Gasteiger partial charge is 0.456 e. The van der Waals surface area contributed by atoms with Crippen molar-refractivity contribution in [3.63, 3.8) is 0 Å². The van der Waals surface area contributed by atoms with Crippen LogP contribution in [0.5, 0.6) is 0 Å². The van der Waals surface area contributed by atoms with Crippen LogP contribution in [0.1, 0.15) is 27.0 Å². The van der Waals surface area contributed by atoms with Gasteiger partial charge in [-0.3, -0.25) is 9.59 Å². The number of carbonyl (C=O) groups excluding carboxylic acids is 1. The summed E-state index contributed by atoms with van der Waals surface area (Å²) in [6.07, 6.45) is 2.97. The fourth-order valence-electron chi connectivity index (χ4n) is 3.92. The van der Waals surface area contributed by atoms with Crippen LogP contribution in [-0.2, 0) is 0 Å². The fourth-order valence-corrected chi connectivity index (χ4v) is 3.92. The highest BCUT2D eigenvalue weighted by atomic mass is 16.3. The number of rotatable bonds is 4. The summed E-state index contributed by atoms with van der Waals surface area (Å²) in [6.45, 7) is 3.84. The number of nitriles is 1. The lowest BCUT2D eigenvalue weighted by atomic mass is 10.1. The Labute approximate surface area is 200 Å². The molecule has 1 N–H and O–H groups in total. The maximum absolute atomic E-state index is 13.0. The number of benzene rings is 2. The van der Waals surface area contributed by atoms with Gasteiger partial charge in [0.15, 0.2) is 17.1 Å². The third-order valence-electron chi connectivity index (χ3n) is 5.58. The average Bonchev–Trinajstić information content (AvgIpc) is 3.27. The summed E-state index contributed by atoms with van der Waals surface area (Å²) in [4.78, 5) is 29.9. The van der Waals surface area contributed by atoms with Crippen LogP contribution < -0.4 is 10.7 Å². The van der Waals surface area contributed by atoms with Gasteiger partial charge >= 0.3 is 0 Å². The topological polar surface area (TPSA) is 114 Å². The van der Waals surface area contributed by atoms with Crippen molar-refractivity contribution >= 4 is 22.7 Å². The summed E-state index contributed by atoms with van der Waals surface area (Å²) >= 11 is 0. The SMILES string of the molecule is Cc1cc(C)c2oc(-c3ccc(C(=O)Nc4c(C#N)cnn4-c4ccccn4)cc3)cc(=O)c2c1. The normalized spacial score (nSPS) is 10.8. The molecule has 2 aromatic carbocycles. The summed E-state index contributed by atoms with van der Waals surface area (Å²) in [6, 6.07) is 19.2. The van der Waals surface area contributed by atoms with Crippen LogP contribution in [0.2, 0.25) is 0 Å². The molecule has 35 heavy (non-hydrogen) atoms. The zero-order valence-electron chi connectivity index (χ0n) is 18.9. The van der Waals surface area contributed by atoms with E-state index in [1.807, 2.05) is 32.0 Å². The molecule has 5 rings (SSSR count). The molecule has 0 spiro atoms. The number of amides is 1. The second kappa shape index (κ2) is 8.72. The van der Waals surface area contributed by atoms with Gasteiger partial charge in [0.2, 0.25) is 0 Å². The first-order chi connectivity index (χ1) is 16.9. The Morgan fingerprint density at radius 1 is 1.09 bits per heavy atom. The van der Waals surface area contributed by atoms with Crippen LogP contribution in [0.25, 0.3) is 28.1 Å². The molecule has 0 unspecified atom stereocenters. The summed E-state index contributed by atoms with van der Waals surface area (Å²) in [5.74, 6) is 0.696. The molecule has 170 valence electrons. The third kappa shape index (κ3) is 4.07. The molecule has 3 aromatic heterocycles. The van der Waals surface area contributed by atoms with E-state index in [4.69, 9.17) is 4.42 Å². The Morgan fingerprint density at radius 3 is 2.60 bits per heavy atom. The van der Waals surface area contributed by atoms with Gasteiger partial charge in [0, 0.05) is 23.4 Å². The number of carbonyl (C=O) groups is 1. The Morgan fingerprint density at radius 2 is 1.89 bits per heavy atom. The highest BCUT2D eigenvalue weighted by Crippen LogP contribution is 2.26. The average molecular weight is 461 g/mol. The van der Waals surface area contributed by atoms with Gasteiger partial charge in [0.1, 0.15) is 23.0 Å². The van der Waals surface area contributed by atoms with Crippen LogP contribution in [0, 0.1) is 25.2 Å². The fraction of sp³-hybridized carbons (Fsp3) is 0.0741. The molecule has 0 aliphatic rings.